The van der Waals surface area contributed by atoms with Crippen molar-refractivity contribution in [3.63, 3.8) is 0 Å². The van der Waals surface area contributed by atoms with Crippen LogP contribution in [0.5, 0.6) is 0 Å². The lowest BCUT2D eigenvalue weighted by atomic mass is 9.67. The third kappa shape index (κ3) is 3.01. The molecule has 4 heteroatoms. The molecule has 1 nitrogen and oxygen atoms in total. The van der Waals surface area contributed by atoms with Gasteiger partial charge in [-0.15, -0.1) is 0 Å². The topological polar surface area (TPSA) is 12.0 Å². The van der Waals surface area contributed by atoms with Crippen molar-refractivity contribution >= 4 is 0 Å². The molecule has 1 N–H and O–H groups in total. The molecule has 2 fully saturated rings. The molecule has 0 aliphatic heterocycles. The summed E-state index contributed by atoms with van der Waals surface area (Å²) in [5.74, 6) is -0.780. The maximum Gasteiger partial charge on any atom is 0.392 e. The Morgan fingerprint density at radius 2 is 1.72 bits per heavy atom. The number of halogens is 3. The van der Waals surface area contributed by atoms with E-state index in [-0.39, 0.29) is 12.0 Å². The van der Waals surface area contributed by atoms with Crippen molar-refractivity contribution in [2.45, 2.75) is 64.1 Å². The largest absolute Gasteiger partial charge is 0.392 e. The second kappa shape index (κ2) is 5.81. The summed E-state index contributed by atoms with van der Waals surface area (Å²) in [5.41, 5.74) is 0. The molecule has 3 atom stereocenters. The second-order valence-electron chi connectivity index (χ2n) is 5.87. The monoisotopic (exact) mass is 263 g/mol. The van der Waals surface area contributed by atoms with Gasteiger partial charge < -0.3 is 5.32 Å². The molecule has 0 aromatic rings. The Hall–Kier alpha value is -0.250. The van der Waals surface area contributed by atoms with Crippen molar-refractivity contribution < 1.29 is 13.2 Å². The lowest BCUT2D eigenvalue weighted by Crippen LogP contribution is -2.50. The molecule has 2 aliphatic rings. The van der Waals surface area contributed by atoms with Crippen molar-refractivity contribution in [3.8, 4) is 0 Å². The molecular weight excluding hydrogens is 239 g/mol. The van der Waals surface area contributed by atoms with Gasteiger partial charge in [-0.3, -0.25) is 0 Å². The van der Waals surface area contributed by atoms with Crippen LogP contribution in [-0.4, -0.2) is 18.8 Å². The Morgan fingerprint density at radius 3 is 2.22 bits per heavy atom. The van der Waals surface area contributed by atoms with E-state index in [4.69, 9.17) is 0 Å². The Morgan fingerprint density at radius 1 is 1.06 bits per heavy atom. The lowest BCUT2D eigenvalue weighted by Gasteiger charge is -2.44. The molecular formula is C14H24F3N. The number of hydrogen-bond acceptors (Lipinski definition) is 1. The summed E-state index contributed by atoms with van der Waals surface area (Å²) in [6.07, 6.45) is 2.19. The summed E-state index contributed by atoms with van der Waals surface area (Å²) in [5, 5.41) is 3.36. The smallest absolute Gasteiger partial charge is 0.314 e. The molecule has 106 valence electrons. The zero-order valence-electron chi connectivity index (χ0n) is 11.1. The van der Waals surface area contributed by atoms with Gasteiger partial charge in [0.05, 0.1) is 5.92 Å². The molecule has 0 aromatic carbocycles. The van der Waals surface area contributed by atoms with Gasteiger partial charge in [-0.2, -0.15) is 13.2 Å². The van der Waals surface area contributed by atoms with Gasteiger partial charge in [0.25, 0.3) is 0 Å². The third-order valence-electron chi connectivity index (χ3n) is 4.80. The summed E-state index contributed by atoms with van der Waals surface area (Å²) >= 11 is 0. The van der Waals surface area contributed by atoms with E-state index in [2.05, 4.69) is 5.32 Å². The fourth-order valence-corrected chi connectivity index (χ4v) is 3.70. The van der Waals surface area contributed by atoms with E-state index in [0.717, 1.165) is 38.6 Å². The minimum atomic E-state index is -4.01. The van der Waals surface area contributed by atoms with E-state index in [1.807, 2.05) is 6.92 Å². The first-order valence-corrected chi connectivity index (χ1v) is 7.34. The molecule has 0 aromatic heterocycles. The zero-order valence-corrected chi connectivity index (χ0v) is 11.1. The number of nitrogens with one attached hydrogen (secondary N) is 1. The predicted octanol–water partition coefficient (Wildman–Crippen LogP) is 4.13. The van der Waals surface area contributed by atoms with E-state index < -0.39 is 12.1 Å². The molecule has 3 unspecified atom stereocenters. The molecule has 0 radical (unpaired) electrons. The Labute approximate surface area is 108 Å². The van der Waals surface area contributed by atoms with Gasteiger partial charge in [-0.25, -0.2) is 0 Å². The fraction of sp³-hybridized carbons (Fsp3) is 1.00. The fourth-order valence-electron chi connectivity index (χ4n) is 3.70. The van der Waals surface area contributed by atoms with Crippen molar-refractivity contribution in [3.05, 3.63) is 0 Å². The average molecular weight is 263 g/mol. The van der Waals surface area contributed by atoms with Crippen LogP contribution in [0.4, 0.5) is 13.2 Å². The molecule has 18 heavy (non-hydrogen) atoms. The molecule has 0 heterocycles. The van der Waals surface area contributed by atoms with E-state index in [0.29, 0.717) is 12.3 Å². The Balaban J connectivity index is 2.09. The van der Waals surface area contributed by atoms with Crippen LogP contribution in [-0.2, 0) is 0 Å². The summed E-state index contributed by atoms with van der Waals surface area (Å²) in [6, 6.07) is 0.0932. The average Bonchev–Trinajstić information content (AvgIpc) is 2.25. The zero-order chi connectivity index (χ0) is 13.2. The summed E-state index contributed by atoms with van der Waals surface area (Å²) in [6.45, 7) is 2.78. The van der Waals surface area contributed by atoms with Gasteiger partial charge in [-0.1, -0.05) is 26.2 Å². The minimum Gasteiger partial charge on any atom is -0.314 e. The first-order valence-electron chi connectivity index (χ1n) is 7.34. The van der Waals surface area contributed by atoms with Crippen LogP contribution in [0.1, 0.15) is 51.9 Å². The standard InChI is InChI=1S/C14H24F3N/c1-2-18-13(10-6-5-7-10)11-8-3-4-9-12(11)14(15,16)17/h10-13,18H,2-9H2,1H3. The molecule has 0 bridgehead atoms. The van der Waals surface area contributed by atoms with Crippen molar-refractivity contribution in [1.29, 1.82) is 0 Å². The quantitative estimate of drug-likeness (QED) is 0.804. The van der Waals surface area contributed by atoms with Gasteiger partial charge >= 0.3 is 6.18 Å². The minimum absolute atomic E-state index is 0.0932. The summed E-state index contributed by atoms with van der Waals surface area (Å²) in [4.78, 5) is 0. The molecule has 2 aliphatic carbocycles. The van der Waals surface area contributed by atoms with Gasteiger partial charge in [0.1, 0.15) is 0 Å². The van der Waals surface area contributed by atoms with Gasteiger partial charge in [-0.05, 0) is 44.1 Å². The highest BCUT2D eigenvalue weighted by atomic mass is 19.4. The second-order valence-corrected chi connectivity index (χ2v) is 5.87. The maximum atomic E-state index is 13.1. The molecule has 0 amide bonds. The van der Waals surface area contributed by atoms with E-state index in [9.17, 15) is 13.2 Å². The van der Waals surface area contributed by atoms with Crippen molar-refractivity contribution in [1.82, 2.24) is 5.32 Å². The van der Waals surface area contributed by atoms with E-state index in [1.54, 1.807) is 0 Å². The van der Waals surface area contributed by atoms with Crippen molar-refractivity contribution in [2.75, 3.05) is 6.54 Å². The number of hydrogen-bond donors (Lipinski definition) is 1. The first-order chi connectivity index (χ1) is 8.54. The number of alkyl halides is 3. The van der Waals surface area contributed by atoms with Crippen LogP contribution in [0.25, 0.3) is 0 Å². The van der Waals surface area contributed by atoms with Crippen LogP contribution < -0.4 is 5.32 Å². The molecule has 2 rings (SSSR count). The van der Waals surface area contributed by atoms with E-state index in [1.165, 1.54) is 6.42 Å². The Bertz CT molecular complexity index is 260. The summed E-state index contributed by atoms with van der Waals surface area (Å²) in [7, 11) is 0. The highest BCUT2D eigenvalue weighted by Gasteiger charge is 2.49. The van der Waals surface area contributed by atoms with Crippen LogP contribution in [0.3, 0.4) is 0 Å². The SMILES string of the molecule is CCNC(C1CCC1)C1CCCCC1C(F)(F)F. The van der Waals surface area contributed by atoms with Gasteiger partial charge in [0, 0.05) is 6.04 Å². The number of rotatable bonds is 4. The summed E-state index contributed by atoms with van der Waals surface area (Å²) < 4.78 is 39.4. The molecule has 2 saturated carbocycles. The van der Waals surface area contributed by atoms with Crippen LogP contribution in [0.2, 0.25) is 0 Å². The van der Waals surface area contributed by atoms with Gasteiger partial charge in [0.2, 0.25) is 0 Å². The third-order valence-corrected chi connectivity index (χ3v) is 4.80. The van der Waals surface area contributed by atoms with Crippen molar-refractivity contribution in [2.24, 2.45) is 17.8 Å². The predicted molar refractivity (Wildman–Crippen MR) is 66.3 cm³/mol. The van der Waals surface area contributed by atoms with Gasteiger partial charge in [0.15, 0.2) is 0 Å². The normalized spacial score (nSPS) is 32.0. The Kier molecular flexibility index (Phi) is 4.57. The molecule has 0 spiro atoms. The van der Waals surface area contributed by atoms with Crippen LogP contribution >= 0.6 is 0 Å². The maximum absolute atomic E-state index is 13.1. The molecule has 0 saturated heterocycles. The van der Waals surface area contributed by atoms with E-state index >= 15 is 0 Å². The highest BCUT2D eigenvalue weighted by molar-refractivity contribution is 4.94. The van der Waals surface area contributed by atoms with Crippen LogP contribution in [0.15, 0.2) is 0 Å². The van der Waals surface area contributed by atoms with Crippen LogP contribution in [0, 0.1) is 17.8 Å². The lowest BCUT2D eigenvalue weighted by molar-refractivity contribution is -0.201. The highest BCUT2D eigenvalue weighted by Crippen LogP contribution is 2.46. The first kappa shape index (κ1) is 14.2.